The summed E-state index contributed by atoms with van der Waals surface area (Å²) in [5, 5.41) is 0. The molecule has 110 valence electrons. The van der Waals surface area contributed by atoms with Crippen LogP contribution in [0.15, 0.2) is 47.4 Å². The molecule has 2 aromatic rings. The number of alkyl halides is 1. The molecule has 0 amide bonds. The van der Waals surface area contributed by atoms with Gasteiger partial charge in [0.05, 0.1) is 10.6 Å². The number of sulfonamides is 1. The molecule has 1 aliphatic rings. The van der Waals surface area contributed by atoms with Gasteiger partial charge in [0.15, 0.2) is 0 Å². The minimum atomic E-state index is -3.58. The van der Waals surface area contributed by atoms with Crippen LogP contribution in [0.4, 0.5) is 5.69 Å². The highest BCUT2D eigenvalue weighted by Gasteiger charge is 2.19. The van der Waals surface area contributed by atoms with E-state index < -0.39 is 10.0 Å². The lowest BCUT2D eigenvalue weighted by Gasteiger charge is -2.12. The second kappa shape index (κ2) is 5.70. The van der Waals surface area contributed by atoms with Crippen molar-refractivity contribution in [2.24, 2.45) is 0 Å². The second-order valence-electron chi connectivity index (χ2n) is 5.18. The summed E-state index contributed by atoms with van der Waals surface area (Å²) < 4.78 is 27.7. The number of hydrogen-bond acceptors (Lipinski definition) is 2. The summed E-state index contributed by atoms with van der Waals surface area (Å²) in [4.78, 5) is 0.313. The summed E-state index contributed by atoms with van der Waals surface area (Å²) >= 11 is 5.85. The van der Waals surface area contributed by atoms with Crippen LogP contribution >= 0.6 is 11.6 Å². The predicted molar refractivity (Wildman–Crippen MR) is 85.3 cm³/mol. The van der Waals surface area contributed by atoms with E-state index in [0.29, 0.717) is 10.6 Å². The Balaban J connectivity index is 1.94. The molecule has 0 heterocycles. The minimum Gasteiger partial charge on any atom is -0.279 e. The summed E-state index contributed by atoms with van der Waals surface area (Å²) in [7, 11) is -3.58. The Bertz CT molecular complexity index is 772. The van der Waals surface area contributed by atoms with Crippen LogP contribution in [-0.4, -0.2) is 8.42 Å². The first-order chi connectivity index (χ1) is 10.1. The topological polar surface area (TPSA) is 46.2 Å². The fourth-order valence-corrected chi connectivity index (χ4v) is 4.04. The molecule has 1 N–H and O–H groups in total. The van der Waals surface area contributed by atoms with Gasteiger partial charge >= 0.3 is 0 Å². The van der Waals surface area contributed by atoms with Crippen LogP contribution in [0, 0.1) is 0 Å². The molecule has 21 heavy (non-hydrogen) atoms. The molecule has 0 aromatic heterocycles. The number of aryl methyl sites for hydroxylation is 2. The highest BCUT2D eigenvalue weighted by atomic mass is 35.5. The van der Waals surface area contributed by atoms with E-state index in [0.717, 1.165) is 30.4 Å². The van der Waals surface area contributed by atoms with Gasteiger partial charge in [-0.1, -0.05) is 24.3 Å². The molecule has 0 atom stereocenters. The molecule has 3 rings (SSSR count). The SMILES string of the molecule is O=S(=O)(Nc1ccccc1CCl)c1ccc2c(c1)CCC2. The van der Waals surface area contributed by atoms with E-state index in [9.17, 15) is 8.42 Å². The van der Waals surface area contributed by atoms with Gasteiger partial charge in [-0.15, -0.1) is 11.6 Å². The van der Waals surface area contributed by atoms with Gasteiger partial charge in [0, 0.05) is 5.88 Å². The quantitative estimate of drug-likeness (QED) is 0.872. The van der Waals surface area contributed by atoms with Gasteiger partial charge < -0.3 is 0 Å². The van der Waals surface area contributed by atoms with Crippen molar-refractivity contribution in [1.82, 2.24) is 0 Å². The number of fused-ring (bicyclic) bond motifs is 1. The van der Waals surface area contributed by atoms with Crippen molar-refractivity contribution in [2.75, 3.05) is 4.72 Å². The molecular formula is C16H16ClNO2S. The lowest BCUT2D eigenvalue weighted by molar-refractivity contribution is 0.601. The normalized spacial score (nSPS) is 14.0. The van der Waals surface area contributed by atoms with Crippen LogP contribution in [0.5, 0.6) is 0 Å². The third-order valence-electron chi connectivity index (χ3n) is 3.79. The molecule has 5 heteroatoms. The average Bonchev–Trinajstić information content (AvgIpc) is 2.95. The van der Waals surface area contributed by atoms with Gasteiger partial charge in [0.25, 0.3) is 10.0 Å². The first kappa shape index (κ1) is 14.4. The Morgan fingerprint density at radius 1 is 1.05 bits per heavy atom. The summed E-state index contributed by atoms with van der Waals surface area (Å²) in [6.45, 7) is 0. The molecule has 3 nitrogen and oxygen atoms in total. The molecule has 0 bridgehead atoms. The number of para-hydroxylation sites is 1. The number of anilines is 1. The largest absolute Gasteiger partial charge is 0.279 e. The summed E-state index contributed by atoms with van der Waals surface area (Å²) in [5.41, 5.74) is 3.70. The Labute approximate surface area is 130 Å². The molecule has 1 aliphatic carbocycles. The van der Waals surface area contributed by atoms with Gasteiger partial charge in [-0.3, -0.25) is 4.72 Å². The van der Waals surface area contributed by atoms with Gasteiger partial charge in [-0.2, -0.15) is 0 Å². The third-order valence-corrected chi connectivity index (χ3v) is 5.44. The van der Waals surface area contributed by atoms with Gasteiger partial charge in [0.2, 0.25) is 0 Å². The molecule has 2 aromatic carbocycles. The van der Waals surface area contributed by atoms with E-state index >= 15 is 0 Å². The number of halogens is 1. The smallest absolute Gasteiger partial charge is 0.261 e. The molecule has 0 unspecified atom stereocenters. The first-order valence-corrected chi connectivity index (χ1v) is 8.90. The zero-order chi connectivity index (χ0) is 14.9. The lowest BCUT2D eigenvalue weighted by atomic mass is 10.1. The maximum absolute atomic E-state index is 12.5. The van der Waals surface area contributed by atoms with Crippen molar-refractivity contribution in [3.05, 3.63) is 59.2 Å². The van der Waals surface area contributed by atoms with Crippen LogP contribution in [0.25, 0.3) is 0 Å². The second-order valence-corrected chi connectivity index (χ2v) is 7.13. The summed E-state index contributed by atoms with van der Waals surface area (Å²) in [5.74, 6) is 0.267. The van der Waals surface area contributed by atoms with Crippen molar-refractivity contribution < 1.29 is 8.42 Å². The van der Waals surface area contributed by atoms with Crippen molar-refractivity contribution in [3.63, 3.8) is 0 Å². The number of nitrogens with one attached hydrogen (secondary N) is 1. The number of benzene rings is 2. The molecular weight excluding hydrogens is 306 g/mol. The van der Waals surface area contributed by atoms with Crippen LogP contribution < -0.4 is 4.72 Å². The molecule has 0 saturated carbocycles. The highest BCUT2D eigenvalue weighted by Crippen LogP contribution is 2.26. The maximum Gasteiger partial charge on any atom is 0.261 e. The molecule has 0 fully saturated rings. The average molecular weight is 322 g/mol. The summed E-state index contributed by atoms with van der Waals surface area (Å²) in [6, 6.07) is 12.5. The van der Waals surface area contributed by atoms with Crippen LogP contribution in [0.1, 0.15) is 23.1 Å². The van der Waals surface area contributed by atoms with E-state index in [1.807, 2.05) is 18.2 Å². The van der Waals surface area contributed by atoms with Crippen molar-refractivity contribution in [3.8, 4) is 0 Å². The van der Waals surface area contributed by atoms with E-state index in [4.69, 9.17) is 11.6 Å². The fourth-order valence-electron chi connectivity index (χ4n) is 2.66. The minimum absolute atomic E-state index is 0.267. The van der Waals surface area contributed by atoms with Crippen molar-refractivity contribution in [2.45, 2.75) is 30.0 Å². The van der Waals surface area contributed by atoms with Gasteiger partial charge in [0.1, 0.15) is 0 Å². The van der Waals surface area contributed by atoms with Gasteiger partial charge in [-0.05, 0) is 54.2 Å². The monoisotopic (exact) mass is 321 g/mol. The third kappa shape index (κ3) is 2.92. The Morgan fingerprint density at radius 2 is 1.81 bits per heavy atom. The van der Waals surface area contributed by atoms with Crippen molar-refractivity contribution in [1.29, 1.82) is 0 Å². The molecule has 0 spiro atoms. The molecule has 0 aliphatic heterocycles. The zero-order valence-electron chi connectivity index (χ0n) is 11.5. The van der Waals surface area contributed by atoms with E-state index in [2.05, 4.69) is 4.72 Å². The van der Waals surface area contributed by atoms with E-state index in [1.54, 1.807) is 24.3 Å². The summed E-state index contributed by atoms with van der Waals surface area (Å²) in [6.07, 6.45) is 3.09. The highest BCUT2D eigenvalue weighted by molar-refractivity contribution is 7.92. The van der Waals surface area contributed by atoms with Crippen LogP contribution in [0.3, 0.4) is 0 Å². The standard InChI is InChI=1S/C16H16ClNO2S/c17-11-14-4-1-2-7-16(14)18-21(19,20)15-9-8-12-5-3-6-13(12)10-15/h1-2,4,7-10,18H,3,5-6,11H2. The Kier molecular flexibility index (Phi) is 3.91. The zero-order valence-corrected chi connectivity index (χ0v) is 13.0. The number of rotatable bonds is 4. The fraction of sp³-hybridized carbons (Fsp3) is 0.250. The van der Waals surface area contributed by atoms with Crippen LogP contribution in [0.2, 0.25) is 0 Å². The van der Waals surface area contributed by atoms with Gasteiger partial charge in [-0.25, -0.2) is 8.42 Å². The van der Waals surface area contributed by atoms with E-state index in [-0.39, 0.29) is 5.88 Å². The molecule has 0 saturated heterocycles. The first-order valence-electron chi connectivity index (χ1n) is 6.88. The Morgan fingerprint density at radius 3 is 2.62 bits per heavy atom. The van der Waals surface area contributed by atoms with Crippen LogP contribution in [-0.2, 0) is 28.7 Å². The van der Waals surface area contributed by atoms with E-state index in [1.165, 1.54) is 5.56 Å². The molecule has 0 radical (unpaired) electrons. The lowest BCUT2D eigenvalue weighted by Crippen LogP contribution is -2.14. The predicted octanol–water partition coefficient (Wildman–Crippen LogP) is 3.71. The van der Waals surface area contributed by atoms with Crippen molar-refractivity contribution >= 4 is 27.3 Å². The number of hydrogen-bond donors (Lipinski definition) is 1. The Hall–Kier alpha value is -1.52. The maximum atomic E-state index is 12.5.